The lowest BCUT2D eigenvalue weighted by molar-refractivity contribution is -0.138. The van der Waals surface area contributed by atoms with Gasteiger partial charge < -0.3 is 5.11 Å². The van der Waals surface area contributed by atoms with Crippen LogP contribution in [0.25, 0.3) is 10.8 Å². The number of phenolic OH excluding ortho intramolecular Hbond substituents is 1. The highest BCUT2D eigenvalue weighted by Crippen LogP contribution is 2.65. The van der Waals surface area contributed by atoms with E-state index in [0.29, 0.717) is 38.3 Å². The summed E-state index contributed by atoms with van der Waals surface area (Å²) in [6.45, 7) is 0. The van der Waals surface area contributed by atoms with Gasteiger partial charge in [0.2, 0.25) is 11.8 Å². The highest BCUT2D eigenvalue weighted by molar-refractivity contribution is 14.1. The van der Waals surface area contributed by atoms with Gasteiger partial charge in [-0.3, -0.25) is 29.5 Å². The molecule has 9 rings (SSSR count). The van der Waals surface area contributed by atoms with E-state index in [1.807, 2.05) is 36.4 Å². The fourth-order valence-electron chi connectivity index (χ4n) is 9.40. The Labute approximate surface area is 322 Å². The normalized spacial score (nSPS) is 26.4. The van der Waals surface area contributed by atoms with Gasteiger partial charge in [0.15, 0.2) is 0 Å². The number of rotatable bonds is 5. The average Bonchev–Trinajstić information content (AvgIpc) is 3.54. The number of imide groups is 2. The molecular weight excluding hydrogens is 808 g/mol. The molecule has 264 valence electrons. The SMILES string of the molecule is O=C1[C@@H]2C[C@@H]3C(=CC[C@@H]4C(=O)N(c5ccc(I)cc5)C(=O)[C@@H]43)[C@H](c3ccc(O)c4ccccc34)[C@]2(c2ccc(Cl)cc2)C(=O)N1Nc1ccc(F)cc1. The molecule has 6 atom stereocenters. The lowest BCUT2D eigenvalue weighted by atomic mass is 9.49. The molecule has 2 aliphatic carbocycles. The van der Waals surface area contributed by atoms with Crippen LogP contribution in [0.5, 0.6) is 5.75 Å². The molecule has 2 heterocycles. The molecule has 2 aliphatic heterocycles. The molecule has 4 amide bonds. The largest absolute Gasteiger partial charge is 0.507 e. The first-order valence-electron chi connectivity index (χ1n) is 17.3. The average molecular weight is 838 g/mol. The number of anilines is 2. The van der Waals surface area contributed by atoms with Crippen LogP contribution in [0.1, 0.15) is 29.9 Å². The number of halogens is 3. The molecule has 4 aliphatic rings. The number of nitrogens with one attached hydrogen (secondary N) is 1. The van der Waals surface area contributed by atoms with E-state index in [9.17, 15) is 23.9 Å². The van der Waals surface area contributed by atoms with Gasteiger partial charge >= 0.3 is 0 Å². The predicted molar refractivity (Wildman–Crippen MR) is 206 cm³/mol. The van der Waals surface area contributed by atoms with Gasteiger partial charge in [0.05, 0.1) is 34.5 Å². The van der Waals surface area contributed by atoms with Crippen molar-refractivity contribution in [3.8, 4) is 5.75 Å². The lowest BCUT2D eigenvalue weighted by Gasteiger charge is -2.51. The van der Waals surface area contributed by atoms with Gasteiger partial charge in [-0.15, -0.1) is 0 Å². The van der Waals surface area contributed by atoms with Crippen molar-refractivity contribution >= 4 is 80.0 Å². The van der Waals surface area contributed by atoms with Gasteiger partial charge in [-0.2, -0.15) is 5.01 Å². The molecule has 0 spiro atoms. The van der Waals surface area contributed by atoms with Gasteiger partial charge in [0, 0.05) is 19.9 Å². The smallest absolute Gasteiger partial charge is 0.260 e. The zero-order valence-electron chi connectivity index (χ0n) is 27.9. The minimum Gasteiger partial charge on any atom is -0.507 e. The summed E-state index contributed by atoms with van der Waals surface area (Å²) >= 11 is 8.58. The Hall–Kier alpha value is -5.07. The fourth-order valence-corrected chi connectivity index (χ4v) is 9.89. The maximum atomic E-state index is 15.4. The topological polar surface area (TPSA) is 107 Å². The van der Waals surface area contributed by atoms with E-state index < -0.39 is 52.6 Å². The highest BCUT2D eigenvalue weighted by Gasteiger charge is 2.70. The fraction of sp³-hybridized carbons (Fsp3) is 0.190. The highest BCUT2D eigenvalue weighted by atomic mass is 127. The van der Waals surface area contributed by atoms with Crippen molar-refractivity contribution < 1.29 is 28.7 Å². The number of allylic oxidation sites excluding steroid dienone is 2. The second-order valence-electron chi connectivity index (χ2n) is 14.1. The molecule has 3 fully saturated rings. The molecular formula is C42H30ClFIN3O5. The number of hydrazine groups is 1. The van der Waals surface area contributed by atoms with Crippen LogP contribution in [0.15, 0.2) is 121 Å². The minimum absolute atomic E-state index is 0.0599. The number of phenols is 1. The summed E-state index contributed by atoms with van der Waals surface area (Å²) in [5.41, 5.74) is 4.33. The Bertz CT molecular complexity index is 2400. The molecule has 8 nitrogen and oxygen atoms in total. The molecule has 2 saturated heterocycles. The summed E-state index contributed by atoms with van der Waals surface area (Å²) < 4.78 is 14.9. The minimum atomic E-state index is -1.54. The number of aromatic hydroxyl groups is 1. The number of hydrogen-bond acceptors (Lipinski definition) is 6. The first-order valence-corrected chi connectivity index (χ1v) is 18.8. The van der Waals surface area contributed by atoms with Gasteiger partial charge in [0.25, 0.3) is 11.8 Å². The van der Waals surface area contributed by atoms with Crippen molar-refractivity contribution in [1.29, 1.82) is 0 Å². The lowest BCUT2D eigenvalue weighted by Crippen LogP contribution is -2.53. The number of carbonyl (C=O) groups is 4. The number of hydrogen-bond donors (Lipinski definition) is 2. The Morgan fingerprint density at radius 3 is 2.21 bits per heavy atom. The van der Waals surface area contributed by atoms with E-state index in [1.54, 1.807) is 54.6 Å². The van der Waals surface area contributed by atoms with Crippen molar-refractivity contribution in [2.45, 2.75) is 24.2 Å². The first-order chi connectivity index (χ1) is 25.6. The zero-order chi connectivity index (χ0) is 36.8. The van der Waals surface area contributed by atoms with Crippen LogP contribution in [0.3, 0.4) is 0 Å². The Morgan fingerprint density at radius 1 is 0.792 bits per heavy atom. The van der Waals surface area contributed by atoms with Crippen molar-refractivity contribution in [3.63, 3.8) is 0 Å². The van der Waals surface area contributed by atoms with Crippen LogP contribution in [0.2, 0.25) is 5.02 Å². The van der Waals surface area contributed by atoms with Gasteiger partial charge in [0.1, 0.15) is 11.6 Å². The standard InChI is InChI=1S/C42H30ClFIN3O5/c43-23-7-5-22(6-8-23)42-34(39(51)48(41(42)53)46-26-13-9-24(44)10-14-26)21-33-31(37(42)30-19-20-35(49)29-4-2-1-3-28(29)30)17-18-32-36(33)40(52)47(38(32)50)27-15-11-25(45)12-16-27/h1-17,19-20,32-34,36-37,46,49H,18,21H2/t32-,33+,34-,36-,37-,42+/m0/s1. The molecule has 1 saturated carbocycles. The third kappa shape index (κ3) is 4.98. The van der Waals surface area contributed by atoms with Crippen molar-refractivity contribution in [2.24, 2.45) is 23.7 Å². The van der Waals surface area contributed by atoms with Crippen molar-refractivity contribution in [2.75, 3.05) is 10.3 Å². The Morgan fingerprint density at radius 2 is 1.49 bits per heavy atom. The molecule has 5 aromatic carbocycles. The molecule has 0 unspecified atom stereocenters. The van der Waals surface area contributed by atoms with Gasteiger partial charge in [-0.25, -0.2) is 4.39 Å². The van der Waals surface area contributed by atoms with Gasteiger partial charge in [-0.1, -0.05) is 65.7 Å². The Kier molecular flexibility index (Phi) is 7.97. The maximum Gasteiger partial charge on any atom is 0.260 e. The monoisotopic (exact) mass is 837 g/mol. The van der Waals surface area contributed by atoms with E-state index in [0.717, 1.165) is 14.2 Å². The molecule has 53 heavy (non-hydrogen) atoms. The molecule has 5 aromatic rings. The van der Waals surface area contributed by atoms with Crippen LogP contribution in [0.4, 0.5) is 15.8 Å². The number of fused-ring (bicyclic) bond motifs is 5. The van der Waals surface area contributed by atoms with Crippen LogP contribution in [0, 0.1) is 33.1 Å². The summed E-state index contributed by atoms with van der Waals surface area (Å²) in [6.07, 6.45) is 2.39. The molecule has 2 N–H and O–H groups in total. The zero-order valence-corrected chi connectivity index (χ0v) is 30.8. The quantitative estimate of drug-likeness (QED) is 0.105. The maximum absolute atomic E-state index is 15.4. The Balaban J connectivity index is 1.28. The van der Waals surface area contributed by atoms with E-state index in [2.05, 4.69) is 28.0 Å². The first kappa shape index (κ1) is 33.7. The number of carbonyl (C=O) groups excluding carboxylic acids is 4. The molecule has 0 bridgehead atoms. The van der Waals surface area contributed by atoms with Crippen LogP contribution < -0.4 is 10.3 Å². The van der Waals surface area contributed by atoms with Crippen LogP contribution >= 0.6 is 34.2 Å². The van der Waals surface area contributed by atoms with Crippen molar-refractivity contribution in [3.05, 3.63) is 146 Å². The van der Waals surface area contributed by atoms with Crippen LogP contribution in [-0.4, -0.2) is 33.7 Å². The molecule has 0 aromatic heterocycles. The summed E-state index contributed by atoms with van der Waals surface area (Å²) in [5, 5.41) is 13.7. The van der Waals surface area contributed by atoms with Crippen molar-refractivity contribution in [1.82, 2.24) is 5.01 Å². The summed E-state index contributed by atoms with van der Waals surface area (Å²) in [4.78, 5) is 60.3. The summed E-state index contributed by atoms with van der Waals surface area (Å²) in [6, 6.07) is 30.3. The van der Waals surface area contributed by atoms with E-state index in [-0.39, 0.29) is 30.4 Å². The number of nitrogens with zero attached hydrogens (tertiary/aromatic N) is 2. The third-order valence-corrected chi connectivity index (χ3v) is 12.6. The summed E-state index contributed by atoms with van der Waals surface area (Å²) in [5.74, 6) is -5.81. The predicted octanol–water partition coefficient (Wildman–Crippen LogP) is 8.13. The number of benzene rings is 5. The number of amides is 4. The second kappa shape index (κ2) is 12.5. The molecule has 0 radical (unpaired) electrons. The van der Waals surface area contributed by atoms with E-state index in [1.165, 1.54) is 29.2 Å². The second-order valence-corrected chi connectivity index (χ2v) is 15.8. The third-order valence-electron chi connectivity index (χ3n) is 11.6. The van der Waals surface area contributed by atoms with E-state index >= 15 is 4.79 Å². The molecule has 11 heteroatoms. The summed E-state index contributed by atoms with van der Waals surface area (Å²) in [7, 11) is 0. The van der Waals surface area contributed by atoms with E-state index in [4.69, 9.17) is 11.6 Å². The van der Waals surface area contributed by atoms with Gasteiger partial charge in [-0.05, 0) is 125 Å². The van der Waals surface area contributed by atoms with Crippen LogP contribution in [-0.2, 0) is 24.6 Å².